The van der Waals surface area contributed by atoms with Crippen LogP contribution < -0.4 is 32.7 Å². The molecule has 17 nitrogen and oxygen atoms in total. The summed E-state index contributed by atoms with van der Waals surface area (Å²) in [5.41, 5.74) is 12.9. The fourth-order valence-corrected chi connectivity index (χ4v) is 6.55. The molecule has 1 aliphatic heterocycles. The summed E-state index contributed by atoms with van der Waals surface area (Å²) in [6.07, 6.45) is 0.667. The lowest BCUT2D eigenvalue weighted by Gasteiger charge is -2.22. The number of Topliss-reactive ketones (excluding diaryl/α,β-unsaturated/α-hetero) is 1. The molecule has 1 saturated heterocycles. The Bertz CT molecular complexity index is 2090. The number of nitrogens with two attached hydrogens (primary N) is 2. The minimum absolute atomic E-state index is 0.0838. The number of para-hydroxylation sites is 1. The Morgan fingerprint density at radius 2 is 1.77 bits per heavy atom. The summed E-state index contributed by atoms with van der Waals surface area (Å²) in [5.74, 6) is -7.03. The number of benzene rings is 2. The molecule has 3 atom stereocenters. The molecule has 320 valence electrons. The molecule has 0 spiro atoms. The number of pyridine rings is 1. The third kappa shape index (κ3) is 13.5. The summed E-state index contributed by atoms with van der Waals surface area (Å²) in [6, 6.07) is 14.7. The zero-order valence-corrected chi connectivity index (χ0v) is 33.6. The monoisotopic (exact) mass is 831 g/mol. The van der Waals surface area contributed by atoms with Gasteiger partial charge in [-0.15, -0.1) is 0 Å². The number of nitriles is 1. The topological polar surface area (TPSA) is 258 Å². The van der Waals surface area contributed by atoms with E-state index in [9.17, 15) is 42.8 Å². The molecule has 4 rings (SSSR count). The summed E-state index contributed by atoms with van der Waals surface area (Å²) in [6.45, 7) is -0.814. The molecule has 2 heterocycles. The van der Waals surface area contributed by atoms with Crippen molar-refractivity contribution in [2.45, 2.75) is 63.0 Å². The van der Waals surface area contributed by atoms with E-state index in [0.29, 0.717) is 17.8 Å². The molecular formula is C41H51F2N11O6. The van der Waals surface area contributed by atoms with Crippen LogP contribution in [0.1, 0.15) is 54.4 Å². The molecule has 1 aromatic heterocycles. The normalized spacial score (nSPS) is 15.6. The Balaban J connectivity index is 1.40. The van der Waals surface area contributed by atoms with Gasteiger partial charge in [-0.25, -0.2) is 8.78 Å². The molecule has 3 aromatic rings. The van der Waals surface area contributed by atoms with Crippen molar-refractivity contribution in [1.82, 2.24) is 30.7 Å². The van der Waals surface area contributed by atoms with Crippen LogP contribution in [0.25, 0.3) is 10.9 Å². The fourth-order valence-electron chi connectivity index (χ4n) is 6.55. The van der Waals surface area contributed by atoms with Crippen molar-refractivity contribution in [3.05, 3.63) is 71.9 Å². The smallest absolute Gasteiger partial charge is 0.268 e. The first-order chi connectivity index (χ1) is 28.6. The summed E-state index contributed by atoms with van der Waals surface area (Å²) < 4.78 is 27.7. The van der Waals surface area contributed by atoms with E-state index in [4.69, 9.17) is 11.5 Å². The van der Waals surface area contributed by atoms with Gasteiger partial charge in [0.25, 0.3) is 11.8 Å². The number of hydrogen-bond donors (Lipinski definition) is 6. The number of amides is 5. The average Bonchev–Trinajstić information content (AvgIpc) is 3.56. The molecule has 0 bridgehead atoms. The number of nitrogens with zero attached hydrogens (tertiary/aromatic N) is 5. The maximum atomic E-state index is 13.8. The van der Waals surface area contributed by atoms with Crippen molar-refractivity contribution in [3.8, 4) is 6.07 Å². The van der Waals surface area contributed by atoms with Crippen LogP contribution in [0.3, 0.4) is 0 Å². The van der Waals surface area contributed by atoms with Crippen molar-refractivity contribution < 1.29 is 37.5 Å². The minimum Gasteiger partial charge on any atom is -0.370 e. The van der Waals surface area contributed by atoms with Crippen LogP contribution in [0.2, 0.25) is 0 Å². The Hall–Kier alpha value is -6.55. The van der Waals surface area contributed by atoms with E-state index in [-0.39, 0.29) is 80.2 Å². The lowest BCUT2D eigenvalue weighted by molar-refractivity contribution is -0.132. The standard InChI is InChI=1S/C41H51F2N11O6/c1-53(2)40(46)49-17-7-12-31(33(55)21-27(38(59)48-19-16-44)20-26-8-4-3-5-9-26)51-34(56)13-14-35(57)52-32-11-6-10-29-30(15-18-47-37(29)32)39(60)50-24-36(58)54-25-41(42,43)22-28(54)23-45/h3-6,8-11,15,18,27-28,31H,7,12-14,16-17,19-22,24-25,44H2,1-2H3,(H2,46,49)(H,48,59)(H,50,60)(H,51,56)(H,52,57)/t27-,28+,31+/m1/s1. The van der Waals surface area contributed by atoms with E-state index in [2.05, 4.69) is 31.2 Å². The number of nitrogens with one attached hydrogen (secondary N) is 4. The number of aliphatic imine (C=N–C) groups is 1. The predicted molar refractivity (Wildman–Crippen MR) is 219 cm³/mol. The van der Waals surface area contributed by atoms with Gasteiger partial charge in [-0.05, 0) is 37.0 Å². The number of carbonyl (C=O) groups excluding carboxylic acids is 6. The van der Waals surface area contributed by atoms with Gasteiger partial charge in [-0.1, -0.05) is 42.5 Å². The number of ketones is 1. The first-order valence-electron chi connectivity index (χ1n) is 19.5. The Morgan fingerprint density at radius 1 is 1.03 bits per heavy atom. The van der Waals surface area contributed by atoms with Gasteiger partial charge in [0.2, 0.25) is 23.6 Å². The number of guanidine groups is 1. The third-order valence-corrected chi connectivity index (χ3v) is 9.70. The second-order valence-corrected chi connectivity index (χ2v) is 14.6. The highest BCUT2D eigenvalue weighted by atomic mass is 19.3. The molecule has 5 amide bonds. The highest BCUT2D eigenvalue weighted by Gasteiger charge is 2.47. The van der Waals surface area contributed by atoms with Crippen molar-refractivity contribution in [3.63, 3.8) is 0 Å². The maximum absolute atomic E-state index is 13.8. The predicted octanol–water partition coefficient (Wildman–Crippen LogP) is 1.48. The molecule has 0 saturated carbocycles. The van der Waals surface area contributed by atoms with Gasteiger partial charge in [0.05, 0.1) is 42.0 Å². The highest BCUT2D eigenvalue weighted by Crippen LogP contribution is 2.31. The van der Waals surface area contributed by atoms with Crippen molar-refractivity contribution >= 4 is 57.9 Å². The number of aromatic nitrogens is 1. The molecule has 1 aliphatic rings. The van der Waals surface area contributed by atoms with E-state index in [1.165, 1.54) is 12.3 Å². The number of anilines is 1. The van der Waals surface area contributed by atoms with Crippen LogP contribution in [0.5, 0.6) is 0 Å². The third-order valence-electron chi connectivity index (χ3n) is 9.70. The van der Waals surface area contributed by atoms with Crippen molar-refractivity contribution in [2.75, 3.05) is 52.1 Å². The highest BCUT2D eigenvalue weighted by molar-refractivity contribution is 6.11. The van der Waals surface area contributed by atoms with Gasteiger partial charge in [-0.3, -0.25) is 38.7 Å². The zero-order chi connectivity index (χ0) is 43.8. The van der Waals surface area contributed by atoms with Gasteiger partial charge in [0, 0.05) is 76.9 Å². The number of rotatable bonds is 20. The maximum Gasteiger partial charge on any atom is 0.268 e. The van der Waals surface area contributed by atoms with Gasteiger partial charge in [0.15, 0.2) is 11.7 Å². The lowest BCUT2D eigenvalue weighted by Crippen LogP contribution is -2.44. The minimum atomic E-state index is -3.21. The largest absolute Gasteiger partial charge is 0.370 e. The van der Waals surface area contributed by atoms with Crippen molar-refractivity contribution in [1.29, 1.82) is 5.26 Å². The Kier molecular flexibility index (Phi) is 16.9. The number of halogens is 2. The number of carbonyl (C=O) groups is 6. The molecule has 0 aliphatic carbocycles. The summed E-state index contributed by atoms with van der Waals surface area (Å²) in [4.78, 5) is 90.1. The molecule has 0 radical (unpaired) electrons. The number of hydrogen-bond acceptors (Lipinski definition) is 10. The van der Waals surface area contributed by atoms with E-state index >= 15 is 0 Å². The molecular weight excluding hydrogens is 781 g/mol. The van der Waals surface area contributed by atoms with Gasteiger partial charge < -0.3 is 42.5 Å². The summed E-state index contributed by atoms with van der Waals surface area (Å²) in [7, 11) is 3.48. The number of alkyl halides is 2. The van der Waals surface area contributed by atoms with Gasteiger partial charge >= 0.3 is 0 Å². The van der Waals surface area contributed by atoms with Crippen LogP contribution in [-0.4, -0.2) is 121 Å². The van der Waals surface area contributed by atoms with Gasteiger partial charge in [-0.2, -0.15) is 5.26 Å². The first kappa shape index (κ1) is 46.1. The molecule has 8 N–H and O–H groups in total. The molecule has 2 aromatic carbocycles. The van der Waals surface area contributed by atoms with Crippen LogP contribution in [0, 0.1) is 17.2 Å². The van der Waals surface area contributed by atoms with Crippen molar-refractivity contribution in [2.24, 2.45) is 22.4 Å². The lowest BCUT2D eigenvalue weighted by atomic mass is 9.90. The molecule has 19 heteroatoms. The molecule has 60 heavy (non-hydrogen) atoms. The Morgan fingerprint density at radius 3 is 2.47 bits per heavy atom. The Labute approximate surface area is 346 Å². The summed E-state index contributed by atoms with van der Waals surface area (Å²) >= 11 is 0. The van der Waals surface area contributed by atoms with E-state index in [1.54, 1.807) is 43.3 Å². The number of fused-ring (bicyclic) bond motifs is 1. The van der Waals surface area contributed by atoms with Crippen LogP contribution in [-0.2, 0) is 30.4 Å². The first-order valence-corrected chi connectivity index (χ1v) is 19.5. The fraction of sp³-hybridized carbons (Fsp3) is 0.439. The van der Waals surface area contributed by atoms with E-state index < -0.39 is 67.1 Å². The van der Waals surface area contributed by atoms with E-state index in [1.807, 2.05) is 30.3 Å². The average molecular weight is 832 g/mol. The second-order valence-electron chi connectivity index (χ2n) is 14.6. The molecule has 0 unspecified atom stereocenters. The SMILES string of the molecule is CN(C)C(N)=NCCC[C@H](NC(=O)CCC(=O)Nc1cccc2c(C(=O)NCC(=O)N3CC(F)(F)C[C@H]3C#N)ccnc12)C(=O)C[C@@H](Cc1ccccc1)C(=O)NCCN. The van der Waals surface area contributed by atoms with Crippen LogP contribution in [0.4, 0.5) is 14.5 Å². The quantitative estimate of drug-likeness (QED) is 0.0540. The second kappa shape index (κ2) is 22.0. The zero-order valence-electron chi connectivity index (χ0n) is 33.6. The van der Waals surface area contributed by atoms with Crippen LogP contribution >= 0.6 is 0 Å². The van der Waals surface area contributed by atoms with Crippen LogP contribution in [0.15, 0.2) is 65.8 Å². The number of likely N-dealkylation sites (tertiary alicyclic amines) is 1. The van der Waals surface area contributed by atoms with E-state index in [0.717, 1.165) is 10.5 Å². The molecule has 1 fully saturated rings. The summed E-state index contributed by atoms with van der Waals surface area (Å²) in [5, 5.41) is 20.1. The van der Waals surface area contributed by atoms with Gasteiger partial charge in [0.1, 0.15) is 6.04 Å².